The lowest BCUT2D eigenvalue weighted by Crippen LogP contribution is -2.24. The highest BCUT2D eigenvalue weighted by Gasteiger charge is 2.15. The number of nitrogens with two attached hydrogens (primary N) is 1. The summed E-state index contributed by atoms with van der Waals surface area (Å²) in [6.07, 6.45) is 1.59. The number of nitriles is 1. The first-order valence-electron chi connectivity index (χ1n) is 5.93. The normalized spacial score (nSPS) is 11.6. The Bertz CT molecular complexity index is 617. The van der Waals surface area contributed by atoms with Gasteiger partial charge in [-0.25, -0.2) is 9.97 Å². The molecule has 5 nitrogen and oxygen atoms in total. The van der Waals surface area contributed by atoms with Crippen LogP contribution in [0.5, 0.6) is 0 Å². The van der Waals surface area contributed by atoms with Crippen molar-refractivity contribution >= 4 is 11.6 Å². The standard InChI is InChI=1S/C14H15N5/c1-10(11-4-3-5-12(16)8-11)19(2)14-17-7-6-13(9-15)18-14/h3-8,10H,16H2,1-2H3. The second-order valence-electron chi connectivity index (χ2n) is 4.31. The van der Waals surface area contributed by atoms with Gasteiger partial charge in [-0.15, -0.1) is 0 Å². The van der Waals surface area contributed by atoms with E-state index in [1.807, 2.05) is 49.2 Å². The van der Waals surface area contributed by atoms with Crippen LogP contribution in [0, 0.1) is 11.3 Å². The number of hydrogen-bond donors (Lipinski definition) is 1. The molecule has 5 heteroatoms. The van der Waals surface area contributed by atoms with Gasteiger partial charge in [-0.2, -0.15) is 5.26 Å². The van der Waals surface area contributed by atoms with Crippen molar-refractivity contribution in [2.24, 2.45) is 0 Å². The van der Waals surface area contributed by atoms with Gasteiger partial charge in [-0.05, 0) is 30.7 Å². The zero-order valence-corrected chi connectivity index (χ0v) is 10.9. The summed E-state index contributed by atoms with van der Waals surface area (Å²) in [6.45, 7) is 2.04. The van der Waals surface area contributed by atoms with Crippen LogP contribution in [-0.2, 0) is 0 Å². The quantitative estimate of drug-likeness (QED) is 0.848. The van der Waals surface area contributed by atoms with Gasteiger partial charge in [0.25, 0.3) is 0 Å². The highest BCUT2D eigenvalue weighted by atomic mass is 15.2. The summed E-state index contributed by atoms with van der Waals surface area (Å²) in [7, 11) is 1.89. The summed E-state index contributed by atoms with van der Waals surface area (Å²) < 4.78 is 0. The summed E-state index contributed by atoms with van der Waals surface area (Å²) in [5.41, 5.74) is 7.95. The minimum Gasteiger partial charge on any atom is -0.399 e. The smallest absolute Gasteiger partial charge is 0.226 e. The molecule has 0 aliphatic carbocycles. The van der Waals surface area contributed by atoms with Crippen LogP contribution in [0.25, 0.3) is 0 Å². The number of rotatable bonds is 3. The lowest BCUT2D eigenvalue weighted by Gasteiger charge is -2.25. The van der Waals surface area contributed by atoms with Crippen LogP contribution in [-0.4, -0.2) is 17.0 Å². The largest absolute Gasteiger partial charge is 0.399 e. The van der Waals surface area contributed by atoms with Gasteiger partial charge in [0.05, 0.1) is 6.04 Å². The lowest BCUT2D eigenvalue weighted by atomic mass is 10.1. The number of anilines is 2. The number of benzene rings is 1. The van der Waals surface area contributed by atoms with Crippen LogP contribution < -0.4 is 10.6 Å². The molecule has 96 valence electrons. The van der Waals surface area contributed by atoms with Gasteiger partial charge in [-0.3, -0.25) is 0 Å². The molecule has 0 amide bonds. The van der Waals surface area contributed by atoms with Crippen LogP contribution in [0.3, 0.4) is 0 Å². The minimum atomic E-state index is 0.0671. The first kappa shape index (κ1) is 12.8. The van der Waals surface area contributed by atoms with Crippen molar-refractivity contribution in [1.82, 2.24) is 9.97 Å². The molecule has 0 saturated carbocycles. The fourth-order valence-corrected chi connectivity index (χ4v) is 1.80. The first-order chi connectivity index (χ1) is 9.11. The van der Waals surface area contributed by atoms with Crippen molar-refractivity contribution in [3.05, 3.63) is 47.8 Å². The van der Waals surface area contributed by atoms with Crippen LogP contribution in [0.15, 0.2) is 36.5 Å². The van der Waals surface area contributed by atoms with Crippen LogP contribution >= 0.6 is 0 Å². The second-order valence-corrected chi connectivity index (χ2v) is 4.31. The first-order valence-corrected chi connectivity index (χ1v) is 5.93. The summed E-state index contributed by atoms with van der Waals surface area (Å²) >= 11 is 0. The summed E-state index contributed by atoms with van der Waals surface area (Å²) in [5, 5.41) is 8.86. The third-order valence-corrected chi connectivity index (χ3v) is 3.05. The summed E-state index contributed by atoms with van der Waals surface area (Å²) in [6, 6.07) is 11.4. The fourth-order valence-electron chi connectivity index (χ4n) is 1.80. The molecule has 0 aliphatic rings. The van der Waals surface area contributed by atoms with E-state index in [4.69, 9.17) is 11.0 Å². The third kappa shape index (κ3) is 2.80. The minimum absolute atomic E-state index is 0.0671. The molecule has 0 spiro atoms. The van der Waals surface area contributed by atoms with E-state index in [0.29, 0.717) is 11.6 Å². The van der Waals surface area contributed by atoms with E-state index < -0.39 is 0 Å². The molecule has 2 aromatic rings. The van der Waals surface area contributed by atoms with Gasteiger partial charge in [-0.1, -0.05) is 12.1 Å². The summed E-state index contributed by atoms with van der Waals surface area (Å²) in [4.78, 5) is 10.3. The lowest BCUT2D eigenvalue weighted by molar-refractivity contribution is 0.714. The molecule has 1 aromatic heterocycles. The van der Waals surface area contributed by atoms with Crippen molar-refractivity contribution < 1.29 is 0 Å². The molecular weight excluding hydrogens is 238 g/mol. The number of aromatic nitrogens is 2. The van der Waals surface area contributed by atoms with Gasteiger partial charge in [0.15, 0.2) is 0 Å². The van der Waals surface area contributed by atoms with E-state index in [2.05, 4.69) is 9.97 Å². The Hall–Kier alpha value is -2.61. The molecule has 0 aliphatic heterocycles. The predicted octanol–water partition coefficient (Wildman–Crippen LogP) is 2.13. The average molecular weight is 253 g/mol. The van der Waals surface area contributed by atoms with E-state index in [9.17, 15) is 0 Å². The van der Waals surface area contributed by atoms with Crippen LogP contribution in [0.2, 0.25) is 0 Å². The fraction of sp³-hybridized carbons (Fsp3) is 0.214. The average Bonchev–Trinajstić information content (AvgIpc) is 2.45. The molecule has 19 heavy (non-hydrogen) atoms. The van der Waals surface area contributed by atoms with Crippen LogP contribution in [0.4, 0.5) is 11.6 Å². The SMILES string of the molecule is CC(c1cccc(N)c1)N(C)c1nccc(C#N)n1. The van der Waals surface area contributed by atoms with E-state index in [1.165, 1.54) is 0 Å². The summed E-state index contributed by atoms with van der Waals surface area (Å²) in [5.74, 6) is 0.522. The molecule has 2 N–H and O–H groups in total. The third-order valence-electron chi connectivity index (χ3n) is 3.05. The molecule has 0 saturated heterocycles. The van der Waals surface area contributed by atoms with Gasteiger partial charge >= 0.3 is 0 Å². The van der Waals surface area contributed by atoms with E-state index in [1.54, 1.807) is 12.3 Å². The molecule has 2 rings (SSSR count). The Labute approximate surface area is 112 Å². The molecule has 1 aromatic carbocycles. The molecular formula is C14H15N5. The Morgan fingerprint density at radius 3 is 2.84 bits per heavy atom. The van der Waals surface area contributed by atoms with Gasteiger partial charge in [0.1, 0.15) is 11.8 Å². The Kier molecular flexibility index (Phi) is 3.62. The van der Waals surface area contributed by atoms with E-state index in [-0.39, 0.29) is 6.04 Å². The second kappa shape index (κ2) is 5.36. The number of hydrogen-bond acceptors (Lipinski definition) is 5. The van der Waals surface area contributed by atoms with E-state index in [0.717, 1.165) is 11.3 Å². The zero-order valence-electron chi connectivity index (χ0n) is 10.9. The van der Waals surface area contributed by atoms with E-state index >= 15 is 0 Å². The number of nitrogen functional groups attached to an aromatic ring is 1. The Morgan fingerprint density at radius 1 is 1.37 bits per heavy atom. The Morgan fingerprint density at radius 2 is 2.16 bits per heavy atom. The molecule has 0 bridgehead atoms. The zero-order chi connectivity index (χ0) is 13.8. The van der Waals surface area contributed by atoms with Crippen LogP contribution in [0.1, 0.15) is 24.2 Å². The monoisotopic (exact) mass is 253 g/mol. The molecule has 1 heterocycles. The van der Waals surface area contributed by atoms with Crippen molar-refractivity contribution in [3.8, 4) is 6.07 Å². The van der Waals surface area contributed by atoms with Crippen molar-refractivity contribution in [1.29, 1.82) is 5.26 Å². The molecule has 1 unspecified atom stereocenters. The highest BCUT2D eigenvalue weighted by molar-refractivity contribution is 5.44. The maximum atomic E-state index is 8.86. The van der Waals surface area contributed by atoms with Crippen molar-refractivity contribution in [2.45, 2.75) is 13.0 Å². The molecule has 1 atom stereocenters. The molecule has 0 fully saturated rings. The van der Waals surface area contributed by atoms with Gasteiger partial charge in [0.2, 0.25) is 5.95 Å². The number of nitrogens with zero attached hydrogens (tertiary/aromatic N) is 4. The van der Waals surface area contributed by atoms with Gasteiger partial charge < -0.3 is 10.6 Å². The topological polar surface area (TPSA) is 78.8 Å². The van der Waals surface area contributed by atoms with Crippen molar-refractivity contribution in [2.75, 3.05) is 17.7 Å². The Balaban J connectivity index is 2.28. The maximum Gasteiger partial charge on any atom is 0.226 e. The molecule has 0 radical (unpaired) electrons. The highest BCUT2D eigenvalue weighted by Crippen LogP contribution is 2.23. The van der Waals surface area contributed by atoms with Gasteiger partial charge in [0, 0.05) is 18.9 Å². The van der Waals surface area contributed by atoms with Crippen molar-refractivity contribution in [3.63, 3.8) is 0 Å². The maximum absolute atomic E-state index is 8.86. The predicted molar refractivity (Wildman–Crippen MR) is 74.4 cm³/mol.